The predicted molar refractivity (Wildman–Crippen MR) is 462 cm³/mol. The van der Waals surface area contributed by atoms with Gasteiger partial charge >= 0.3 is 0 Å². The van der Waals surface area contributed by atoms with Gasteiger partial charge in [-0.25, -0.2) is 64.5 Å². The Morgan fingerprint density at radius 1 is 0.371 bits per heavy atom. The van der Waals surface area contributed by atoms with E-state index in [2.05, 4.69) is 233 Å². The molecular formula is C95H140N20O. The number of aryl methyl sites for hydroxylation is 2. The van der Waals surface area contributed by atoms with E-state index in [1.54, 1.807) is 10.9 Å². The molecule has 1 spiro atoms. The first-order chi connectivity index (χ1) is 55.6. The molecule has 8 aliphatic carbocycles. The van der Waals surface area contributed by atoms with Crippen molar-refractivity contribution >= 4 is 0 Å². The van der Waals surface area contributed by atoms with Gasteiger partial charge in [-0.15, -0.1) is 5.10 Å². The molecule has 11 aliphatic rings. The molecule has 8 aromatic heterocycles. The van der Waals surface area contributed by atoms with E-state index in [9.17, 15) is 5.11 Å². The summed E-state index contributed by atoms with van der Waals surface area (Å²) < 4.78 is 1.79. The van der Waals surface area contributed by atoms with Gasteiger partial charge in [-0.1, -0.05) is 102 Å². The van der Waals surface area contributed by atoms with E-state index < -0.39 is 0 Å². The Hall–Kier alpha value is -7.43. The van der Waals surface area contributed by atoms with E-state index >= 15 is 0 Å². The highest BCUT2D eigenvalue weighted by Crippen LogP contribution is 2.53. The topological polar surface area (TPSA) is 231 Å². The molecule has 11 heterocycles. The zero-order valence-electron chi connectivity index (χ0n) is 74.0. The molecule has 626 valence electrons. The van der Waals surface area contributed by atoms with Crippen LogP contribution in [0.4, 0.5) is 0 Å². The molecule has 3 saturated heterocycles. The standard InChI is InChI=1S/C17H25N3.C15H23N3O.C14H21N3.C13H17N5.C13H21N3.C12H17N.C11H16N2/c1-12(2)15-9-14(18-16(19-15)13-3-4-13)10-20-8-7-17(11-20)5-6-17;1-10(2)14-7-12(8-18-6-5-13(19)9-18)16-15(17-14)11-3-4-11;1-10(2)13-8-12(9-17-6-3-7-17)15-14(16-13)11-4-5-11;1-9(2)12-7-11(8-18-6-5-14-17-18)15-13(16-12)10-3-4-10;1-9(2)12-7-11(8-16(3)4)14-13(15-12)10-5-6-10;1-8(2)11-6-9(3)7-12(13-11)10-4-5-10;1-7(2)10-6-8(3)12-11(13-10)9-4-5-9/h9,12-13H,3-8,10-11H2,1-2H3;7,10-11,13,19H,3-6,8-9H2,1-2H3;8,10-11H,3-7,9H2,1-2H3;5-7,9-10H,3-4,8H2,1-2H3;7,9-10H,5-6,8H2,1-4H3;6-8,10H,4-5H2,1-3H3;6-7,9H,4-5H2,1-3H3. The number of aliphatic hydroxyl groups excluding tert-OH is 1. The van der Waals surface area contributed by atoms with Crippen molar-refractivity contribution in [3.05, 3.63) is 181 Å². The second kappa shape index (κ2) is 39.2. The van der Waals surface area contributed by atoms with Crippen LogP contribution in [0.5, 0.6) is 0 Å². The lowest BCUT2D eigenvalue weighted by atomic mass is 10.1. The van der Waals surface area contributed by atoms with Crippen LogP contribution in [-0.2, 0) is 32.7 Å². The van der Waals surface area contributed by atoms with Gasteiger partial charge in [0.25, 0.3) is 0 Å². The highest BCUT2D eigenvalue weighted by atomic mass is 16.3. The molecule has 0 bridgehead atoms. The highest BCUT2D eigenvalue weighted by molar-refractivity contribution is 5.28. The van der Waals surface area contributed by atoms with Gasteiger partial charge in [0.05, 0.1) is 47.3 Å². The van der Waals surface area contributed by atoms with Gasteiger partial charge in [0.2, 0.25) is 0 Å². The lowest BCUT2D eigenvalue weighted by Gasteiger charge is -2.30. The molecule has 0 radical (unpaired) electrons. The van der Waals surface area contributed by atoms with Crippen molar-refractivity contribution in [1.82, 2.24) is 99.4 Å². The van der Waals surface area contributed by atoms with Crippen molar-refractivity contribution < 1.29 is 5.11 Å². The Morgan fingerprint density at radius 2 is 0.733 bits per heavy atom. The van der Waals surface area contributed by atoms with E-state index in [1.807, 2.05) is 6.20 Å². The summed E-state index contributed by atoms with van der Waals surface area (Å²) in [5.74, 6) is 14.4. The molecule has 1 unspecified atom stereocenters. The van der Waals surface area contributed by atoms with Crippen molar-refractivity contribution in [3.8, 4) is 0 Å². The third kappa shape index (κ3) is 26.5. The molecule has 1 N–H and O–H groups in total. The summed E-state index contributed by atoms with van der Waals surface area (Å²) >= 11 is 0. The van der Waals surface area contributed by atoms with Gasteiger partial charge in [-0.2, -0.15) is 0 Å². The van der Waals surface area contributed by atoms with Gasteiger partial charge < -0.3 is 10.0 Å². The molecular weight excluding hydrogens is 1440 g/mol. The van der Waals surface area contributed by atoms with Gasteiger partial charge in [0.1, 0.15) is 34.9 Å². The van der Waals surface area contributed by atoms with Gasteiger partial charge in [0, 0.05) is 145 Å². The number of aromatic nitrogens is 16. The number of hydrogen-bond donors (Lipinski definition) is 1. The van der Waals surface area contributed by atoms with Crippen molar-refractivity contribution in [1.29, 1.82) is 0 Å². The molecule has 1 atom stereocenters. The van der Waals surface area contributed by atoms with E-state index in [0.29, 0.717) is 88.9 Å². The summed E-state index contributed by atoms with van der Waals surface area (Å²) in [6.07, 6.45) is 27.8. The Balaban J connectivity index is 0.000000118. The fourth-order valence-corrected chi connectivity index (χ4v) is 15.0. The van der Waals surface area contributed by atoms with Crippen molar-refractivity contribution in [3.63, 3.8) is 0 Å². The van der Waals surface area contributed by atoms with Crippen LogP contribution in [-0.4, -0.2) is 164 Å². The zero-order chi connectivity index (χ0) is 82.1. The SMILES string of the molecule is CC(C)c1cc(CN(C)C)nc(C2CC2)n1.CC(C)c1cc(CN2CCC(O)C2)nc(C2CC2)n1.CC(C)c1cc(CN2CCC2)nc(C2CC2)n1.CC(C)c1cc(CN2CCC3(CC3)C2)nc(C2CC2)n1.CC(C)c1cc(Cn2ccnn2)nc(C2CC2)n1.Cc1cc(C(C)C)nc(C2CC2)c1.Cc1cc(C(C)C)nc(C2CC2)n1. The Morgan fingerprint density at radius 3 is 1.07 bits per heavy atom. The molecule has 11 fully saturated rings. The van der Waals surface area contributed by atoms with E-state index in [0.717, 1.165) is 121 Å². The summed E-state index contributed by atoms with van der Waals surface area (Å²) in [5.41, 5.74) is 18.7. The van der Waals surface area contributed by atoms with Gasteiger partial charge in [-0.3, -0.25) is 19.7 Å². The first kappa shape index (κ1) is 86.4. The second-order valence-electron chi connectivity index (χ2n) is 38.6. The summed E-state index contributed by atoms with van der Waals surface area (Å²) in [6, 6.07) is 17.4. The van der Waals surface area contributed by atoms with E-state index in [-0.39, 0.29) is 6.10 Å². The van der Waals surface area contributed by atoms with Crippen molar-refractivity contribution in [2.75, 3.05) is 53.4 Å². The molecule has 19 rings (SSSR count). The Kier molecular flexibility index (Phi) is 29.2. The monoisotopic (exact) mass is 1580 g/mol. The van der Waals surface area contributed by atoms with Crippen LogP contribution < -0.4 is 0 Å². The number of hydrogen-bond acceptors (Lipinski definition) is 20. The summed E-state index contributed by atoms with van der Waals surface area (Å²) in [5, 5.41) is 17.4. The number of rotatable bonds is 24. The lowest BCUT2D eigenvalue weighted by Crippen LogP contribution is -2.36. The van der Waals surface area contributed by atoms with Gasteiger partial charge in [-0.05, 0) is 271 Å². The van der Waals surface area contributed by atoms with E-state index in [1.165, 1.54) is 193 Å². The predicted octanol–water partition coefficient (Wildman–Crippen LogP) is 19.0. The molecule has 8 saturated carbocycles. The van der Waals surface area contributed by atoms with Crippen LogP contribution in [0.2, 0.25) is 0 Å². The first-order valence-corrected chi connectivity index (χ1v) is 45.2. The average Bonchev–Trinajstić information content (AvgIpc) is 1.62. The van der Waals surface area contributed by atoms with Crippen molar-refractivity contribution in [2.45, 2.75) is 354 Å². The fourth-order valence-electron chi connectivity index (χ4n) is 15.0. The van der Waals surface area contributed by atoms with Gasteiger partial charge in [0.15, 0.2) is 0 Å². The summed E-state index contributed by atoms with van der Waals surface area (Å²) in [6.45, 7) is 46.2. The van der Waals surface area contributed by atoms with Crippen LogP contribution in [0.15, 0.2) is 60.9 Å². The smallest absolute Gasteiger partial charge is 0.132 e. The van der Waals surface area contributed by atoms with E-state index in [4.69, 9.17) is 34.9 Å². The quantitative estimate of drug-likeness (QED) is 0.0592. The number of β-amino-alcohol motifs (C(OH)–C–C–N with tert-alkyl or cyclic N) is 1. The second-order valence-corrected chi connectivity index (χ2v) is 38.6. The summed E-state index contributed by atoms with van der Waals surface area (Å²) in [7, 11) is 4.15. The van der Waals surface area contributed by atoms with Crippen LogP contribution >= 0.6 is 0 Å². The van der Waals surface area contributed by atoms with Crippen molar-refractivity contribution in [2.24, 2.45) is 5.41 Å². The molecule has 0 aromatic carbocycles. The molecule has 0 amide bonds. The van der Waals surface area contributed by atoms with Crippen LogP contribution in [0.3, 0.4) is 0 Å². The minimum atomic E-state index is -0.158. The molecule has 8 aromatic rings. The molecule has 3 aliphatic heterocycles. The highest BCUT2D eigenvalue weighted by Gasteiger charge is 2.47. The number of pyridine rings is 1. The molecule has 21 heteroatoms. The van der Waals surface area contributed by atoms with Crippen LogP contribution in [0.25, 0.3) is 0 Å². The lowest BCUT2D eigenvalue weighted by molar-refractivity contribution is 0.170. The maximum absolute atomic E-state index is 9.60. The number of nitrogens with zero attached hydrogens (tertiary/aromatic N) is 20. The minimum absolute atomic E-state index is 0.158. The minimum Gasteiger partial charge on any atom is -0.392 e. The number of likely N-dealkylation sites (tertiary alicyclic amines) is 3. The molecule has 116 heavy (non-hydrogen) atoms. The summed E-state index contributed by atoms with van der Waals surface area (Å²) in [4.78, 5) is 70.5. The maximum atomic E-state index is 9.60. The number of aliphatic hydroxyl groups is 1. The normalized spacial score (nSPS) is 19.6. The fraction of sp³-hybridized carbons (Fsp3) is 0.674. The van der Waals surface area contributed by atoms with Crippen LogP contribution in [0.1, 0.15) is 422 Å². The third-order valence-electron chi connectivity index (χ3n) is 23.9. The largest absolute Gasteiger partial charge is 0.392 e. The first-order valence-electron chi connectivity index (χ1n) is 45.2. The van der Waals surface area contributed by atoms with Crippen LogP contribution in [0, 0.1) is 19.3 Å². The Labute approximate surface area is 695 Å². The zero-order valence-corrected chi connectivity index (χ0v) is 74.0. The average molecular weight is 1580 g/mol. The molecule has 21 nitrogen and oxygen atoms in total. The third-order valence-corrected chi connectivity index (χ3v) is 23.9. The Bertz CT molecular complexity index is 4270. The maximum Gasteiger partial charge on any atom is 0.132 e.